The van der Waals surface area contributed by atoms with Crippen LogP contribution in [-0.2, 0) is 6.18 Å². The van der Waals surface area contributed by atoms with Gasteiger partial charge in [-0.3, -0.25) is 0 Å². The molecule has 1 heterocycles. The average molecular weight is 520 g/mol. The van der Waals surface area contributed by atoms with E-state index in [-0.39, 0.29) is 38.3 Å². The van der Waals surface area contributed by atoms with Crippen molar-refractivity contribution in [2.24, 2.45) is 0 Å². The Morgan fingerprint density at radius 3 is 2.39 bits per heavy atom. The minimum atomic E-state index is -4.47. The van der Waals surface area contributed by atoms with Crippen LogP contribution in [0.25, 0.3) is 0 Å². The van der Waals surface area contributed by atoms with Crippen molar-refractivity contribution < 1.29 is 27.8 Å². The number of nitrogens with zero attached hydrogens (tertiary/aromatic N) is 1. The Morgan fingerprint density at radius 1 is 1.08 bits per heavy atom. The van der Waals surface area contributed by atoms with Crippen LogP contribution in [0.5, 0.6) is 11.5 Å². The van der Waals surface area contributed by atoms with Crippen LogP contribution in [0.1, 0.15) is 28.8 Å². The number of aliphatic hydroxyl groups is 1. The van der Waals surface area contributed by atoms with Crippen LogP contribution in [0.15, 0.2) is 72.8 Å². The fourth-order valence-corrected chi connectivity index (χ4v) is 4.22. The molecule has 3 aromatic carbocycles. The quantitative estimate of drug-likeness (QED) is 0.347. The van der Waals surface area contributed by atoms with Crippen molar-refractivity contribution in [2.45, 2.75) is 18.3 Å². The van der Waals surface area contributed by atoms with Crippen LogP contribution in [0, 0.1) is 0 Å². The van der Waals surface area contributed by atoms with Crippen molar-refractivity contribution in [1.29, 1.82) is 0 Å². The summed E-state index contributed by atoms with van der Waals surface area (Å²) in [5.41, 5.74) is 0.468. The van der Waals surface area contributed by atoms with E-state index in [0.29, 0.717) is 22.1 Å². The monoisotopic (exact) mass is 519 g/mol. The van der Waals surface area contributed by atoms with Crippen LogP contribution in [0.2, 0.25) is 5.02 Å². The number of aliphatic hydroxyl groups excluding tert-OH is 1. The molecule has 0 spiro atoms. The molecule has 0 saturated carbocycles. The van der Waals surface area contributed by atoms with Gasteiger partial charge < -0.3 is 25.4 Å². The Balaban J connectivity index is 1.53. The maximum absolute atomic E-state index is 13.2. The van der Waals surface area contributed by atoms with Gasteiger partial charge in [0.15, 0.2) is 0 Å². The summed E-state index contributed by atoms with van der Waals surface area (Å²) in [5, 5.41) is 15.9. The molecule has 2 unspecified atom stereocenters. The highest BCUT2D eigenvalue weighted by atomic mass is 35.5. The average Bonchev–Trinajstić information content (AvgIpc) is 3.23. The second-order valence-corrected chi connectivity index (χ2v) is 8.77. The molecule has 190 valence electrons. The molecule has 0 aliphatic carbocycles. The molecule has 10 heteroatoms. The van der Waals surface area contributed by atoms with Crippen LogP contribution in [0.4, 0.5) is 18.0 Å². The molecule has 2 atom stereocenters. The number of carbonyl (C=O) groups excluding carboxylic acids is 1. The molecule has 3 N–H and O–H groups in total. The third kappa shape index (κ3) is 6.29. The zero-order chi connectivity index (χ0) is 25.7. The number of hydrogen-bond acceptors (Lipinski definition) is 4. The first-order valence-electron chi connectivity index (χ1n) is 11.3. The summed E-state index contributed by atoms with van der Waals surface area (Å²) in [5.74, 6) is 1.22. The summed E-state index contributed by atoms with van der Waals surface area (Å²) in [6, 6.07) is 17.9. The normalized spacial score (nSPS) is 16.6. The predicted octanol–water partition coefficient (Wildman–Crippen LogP) is 5.54. The number of urea groups is 1. The molecule has 1 fully saturated rings. The molecule has 6 nitrogen and oxygen atoms in total. The number of carbonyl (C=O) groups is 1. The van der Waals surface area contributed by atoms with E-state index < -0.39 is 17.8 Å². The van der Waals surface area contributed by atoms with Gasteiger partial charge in [0, 0.05) is 24.7 Å². The van der Waals surface area contributed by atoms with Crippen LogP contribution < -0.4 is 15.4 Å². The highest BCUT2D eigenvalue weighted by Crippen LogP contribution is 2.34. The van der Waals surface area contributed by atoms with Gasteiger partial charge in [0.1, 0.15) is 11.5 Å². The lowest BCUT2D eigenvalue weighted by molar-refractivity contribution is -0.137. The smallest absolute Gasteiger partial charge is 0.416 e. The molecule has 1 aliphatic rings. The van der Waals surface area contributed by atoms with E-state index in [1.807, 2.05) is 12.1 Å². The number of benzene rings is 3. The topological polar surface area (TPSA) is 73.8 Å². The molecule has 1 aliphatic heterocycles. The van der Waals surface area contributed by atoms with Crippen molar-refractivity contribution in [3.63, 3.8) is 0 Å². The van der Waals surface area contributed by atoms with Crippen LogP contribution in [-0.4, -0.2) is 42.3 Å². The summed E-state index contributed by atoms with van der Waals surface area (Å²) in [7, 11) is 0. The number of rotatable bonds is 9. The molecule has 0 radical (unpaired) electrons. The van der Waals surface area contributed by atoms with Gasteiger partial charge >= 0.3 is 12.2 Å². The molecule has 36 heavy (non-hydrogen) atoms. The number of alkyl halides is 3. The van der Waals surface area contributed by atoms with Crippen molar-refractivity contribution in [3.8, 4) is 11.5 Å². The van der Waals surface area contributed by atoms with Crippen LogP contribution in [0.3, 0.4) is 0 Å². The second kappa shape index (κ2) is 11.2. The number of ether oxygens (including phenoxy) is 1. The van der Waals surface area contributed by atoms with E-state index in [4.69, 9.17) is 16.3 Å². The molecular weight excluding hydrogens is 495 g/mol. The van der Waals surface area contributed by atoms with E-state index in [1.165, 1.54) is 11.0 Å². The van der Waals surface area contributed by atoms with Crippen molar-refractivity contribution in [2.75, 3.05) is 26.2 Å². The highest BCUT2D eigenvalue weighted by molar-refractivity contribution is 6.30. The lowest BCUT2D eigenvalue weighted by atomic mass is 10.0. The Morgan fingerprint density at radius 2 is 1.75 bits per heavy atom. The lowest BCUT2D eigenvalue weighted by Crippen LogP contribution is -2.39. The molecule has 3 aromatic rings. The highest BCUT2D eigenvalue weighted by Gasteiger charge is 2.36. The molecule has 1 saturated heterocycles. The fraction of sp³-hybridized carbons (Fsp3) is 0.269. The Kier molecular flexibility index (Phi) is 8.03. The van der Waals surface area contributed by atoms with Crippen molar-refractivity contribution in [1.82, 2.24) is 15.5 Å². The summed E-state index contributed by atoms with van der Waals surface area (Å²) in [4.78, 5) is 14.2. The minimum Gasteiger partial charge on any atom is -0.457 e. The molecular formula is C26H25ClF3N3O3. The lowest BCUT2D eigenvalue weighted by Gasteiger charge is -2.29. The van der Waals surface area contributed by atoms with Gasteiger partial charge in [-0.25, -0.2) is 4.79 Å². The van der Waals surface area contributed by atoms with E-state index in [2.05, 4.69) is 10.6 Å². The maximum Gasteiger partial charge on any atom is 0.416 e. The van der Waals surface area contributed by atoms with Gasteiger partial charge in [0.25, 0.3) is 0 Å². The zero-order valence-electron chi connectivity index (χ0n) is 19.1. The van der Waals surface area contributed by atoms with Gasteiger partial charge in [0.05, 0.1) is 24.3 Å². The fourth-order valence-electron chi connectivity index (χ4n) is 4.10. The molecule has 0 bridgehead atoms. The first kappa shape index (κ1) is 25.8. The number of nitrogens with one attached hydrogen (secondary N) is 2. The third-order valence-corrected chi connectivity index (χ3v) is 6.15. The standard InChI is InChI=1S/C26H25ClF3N3O3/c27-20-6-10-22(11-7-20)36-21-8-4-17(5-9-21)23(31-12-13-34)16-33-24(15-32-25(33)35)18-2-1-3-19(14-18)26(28,29)30/h1-11,14,23-24,31,34H,12-13,15-16H2,(H,32,35). The number of hydrogen-bond donors (Lipinski definition) is 3. The molecule has 2 amide bonds. The summed E-state index contributed by atoms with van der Waals surface area (Å²) in [6.07, 6.45) is -4.47. The SMILES string of the molecule is O=C1NCC(c2cccc(C(F)(F)F)c2)N1CC(NCCO)c1ccc(Oc2ccc(Cl)cc2)cc1. The number of amides is 2. The van der Waals surface area contributed by atoms with Crippen molar-refractivity contribution in [3.05, 3.63) is 94.5 Å². The van der Waals surface area contributed by atoms with E-state index in [0.717, 1.165) is 17.7 Å². The second-order valence-electron chi connectivity index (χ2n) is 8.33. The van der Waals surface area contributed by atoms with Gasteiger partial charge in [0.2, 0.25) is 0 Å². The van der Waals surface area contributed by atoms with Gasteiger partial charge in [-0.2, -0.15) is 13.2 Å². The van der Waals surface area contributed by atoms with Gasteiger partial charge in [-0.05, 0) is 59.7 Å². The Bertz CT molecular complexity index is 1170. The van der Waals surface area contributed by atoms with Gasteiger partial charge in [-0.15, -0.1) is 0 Å². The first-order valence-corrected chi connectivity index (χ1v) is 11.7. The Hall–Kier alpha value is -3.27. The largest absolute Gasteiger partial charge is 0.457 e. The van der Waals surface area contributed by atoms with Crippen LogP contribution >= 0.6 is 11.6 Å². The Labute approximate surface area is 211 Å². The summed E-state index contributed by atoms with van der Waals surface area (Å²) < 4.78 is 45.6. The van der Waals surface area contributed by atoms with Crippen molar-refractivity contribution >= 4 is 17.6 Å². The predicted molar refractivity (Wildman–Crippen MR) is 130 cm³/mol. The van der Waals surface area contributed by atoms with E-state index in [9.17, 15) is 23.1 Å². The third-order valence-electron chi connectivity index (χ3n) is 5.90. The maximum atomic E-state index is 13.2. The summed E-state index contributed by atoms with van der Waals surface area (Å²) >= 11 is 5.91. The summed E-state index contributed by atoms with van der Waals surface area (Å²) in [6.45, 7) is 0.541. The van der Waals surface area contributed by atoms with Gasteiger partial charge in [-0.1, -0.05) is 35.9 Å². The molecule has 4 rings (SSSR count). The first-order chi connectivity index (χ1) is 17.2. The van der Waals surface area contributed by atoms with E-state index in [1.54, 1.807) is 42.5 Å². The molecule has 0 aromatic heterocycles. The zero-order valence-corrected chi connectivity index (χ0v) is 19.9. The van der Waals surface area contributed by atoms with E-state index >= 15 is 0 Å². The minimum absolute atomic E-state index is 0.114. The number of halogens is 4.